The molecule has 6 heteroatoms. The molecule has 2 unspecified atom stereocenters. The predicted octanol–water partition coefficient (Wildman–Crippen LogP) is 2.50. The van der Waals surface area contributed by atoms with Crippen molar-refractivity contribution in [3.63, 3.8) is 0 Å². The van der Waals surface area contributed by atoms with Gasteiger partial charge in [-0.1, -0.05) is 12.1 Å². The molecular formula is C15H17F3N2O. The minimum atomic E-state index is -4.35. The molecule has 0 radical (unpaired) electrons. The van der Waals surface area contributed by atoms with E-state index in [0.29, 0.717) is 5.69 Å². The highest BCUT2D eigenvalue weighted by Crippen LogP contribution is 2.73. The zero-order valence-corrected chi connectivity index (χ0v) is 11.9. The summed E-state index contributed by atoms with van der Waals surface area (Å²) in [5.41, 5.74) is -1.62. The maximum Gasteiger partial charge on any atom is 0.396 e. The van der Waals surface area contributed by atoms with Crippen LogP contribution < -0.4 is 10.2 Å². The van der Waals surface area contributed by atoms with Crippen LogP contribution in [0.3, 0.4) is 0 Å². The van der Waals surface area contributed by atoms with Crippen LogP contribution in [0.15, 0.2) is 24.3 Å². The largest absolute Gasteiger partial charge is 0.396 e. The van der Waals surface area contributed by atoms with Crippen LogP contribution in [0.5, 0.6) is 0 Å². The molecule has 21 heavy (non-hydrogen) atoms. The minimum Gasteiger partial charge on any atom is -0.315 e. The van der Waals surface area contributed by atoms with E-state index in [1.165, 1.54) is 4.90 Å². The molecule has 2 aliphatic rings. The SMILES string of the molecule is Cc1cccc(N(C)C(=O)C23CNCC2(C(F)(F)F)C3)c1. The third-order valence-electron chi connectivity index (χ3n) is 4.89. The van der Waals surface area contributed by atoms with Crippen LogP contribution in [-0.2, 0) is 4.79 Å². The topological polar surface area (TPSA) is 32.3 Å². The summed E-state index contributed by atoms with van der Waals surface area (Å²) in [6.07, 6.45) is -4.45. The molecule has 1 saturated carbocycles. The van der Waals surface area contributed by atoms with Crippen molar-refractivity contribution < 1.29 is 18.0 Å². The number of hydrogen-bond acceptors (Lipinski definition) is 2. The van der Waals surface area contributed by atoms with E-state index in [1.54, 1.807) is 25.2 Å². The van der Waals surface area contributed by atoms with E-state index in [4.69, 9.17) is 0 Å². The normalized spacial score (nSPS) is 30.9. The lowest BCUT2D eigenvalue weighted by Crippen LogP contribution is -2.41. The van der Waals surface area contributed by atoms with E-state index >= 15 is 0 Å². The lowest BCUT2D eigenvalue weighted by Gasteiger charge is -2.25. The fraction of sp³-hybridized carbons (Fsp3) is 0.533. The van der Waals surface area contributed by atoms with E-state index in [1.807, 2.05) is 13.0 Å². The Morgan fingerprint density at radius 3 is 2.62 bits per heavy atom. The average molecular weight is 298 g/mol. The van der Waals surface area contributed by atoms with Gasteiger partial charge in [0.25, 0.3) is 0 Å². The van der Waals surface area contributed by atoms with E-state index in [9.17, 15) is 18.0 Å². The molecule has 2 fully saturated rings. The maximum atomic E-state index is 13.3. The third kappa shape index (κ3) is 1.81. The van der Waals surface area contributed by atoms with Crippen molar-refractivity contribution in [2.24, 2.45) is 10.8 Å². The first-order valence-electron chi connectivity index (χ1n) is 6.86. The summed E-state index contributed by atoms with van der Waals surface area (Å²) in [5.74, 6) is -0.449. The van der Waals surface area contributed by atoms with Gasteiger partial charge in [-0.15, -0.1) is 0 Å². The number of alkyl halides is 3. The number of hydrogen-bond donors (Lipinski definition) is 1. The van der Waals surface area contributed by atoms with Gasteiger partial charge in [0.15, 0.2) is 0 Å². The van der Waals surface area contributed by atoms with Crippen LogP contribution in [0.2, 0.25) is 0 Å². The Kier molecular flexibility index (Phi) is 2.89. The van der Waals surface area contributed by atoms with Crippen molar-refractivity contribution >= 4 is 11.6 Å². The summed E-state index contributed by atoms with van der Waals surface area (Å²) < 4.78 is 39.9. The van der Waals surface area contributed by atoms with Crippen molar-refractivity contribution in [3.05, 3.63) is 29.8 Å². The van der Waals surface area contributed by atoms with Gasteiger partial charge in [0, 0.05) is 25.8 Å². The van der Waals surface area contributed by atoms with Gasteiger partial charge >= 0.3 is 6.18 Å². The van der Waals surface area contributed by atoms with Crippen LogP contribution in [0, 0.1) is 17.8 Å². The number of halogens is 3. The lowest BCUT2D eigenvalue weighted by atomic mass is 9.94. The number of benzene rings is 1. The second kappa shape index (κ2) is 4.22. The number of piperidine rings is 1. The highest BCUT2D eigenvalue weighted by atomic mass is 19.4. The number of carbonyl (C=O) groups is 1. The zero-order chi connectivity index (χ0) is 15.5. The summed E-state index contributed by atoms with van der Waals surface area (Å²) in [4.78, 5) is 14.0. The van der Waals surface area contributed by atoms with Crippen molar-refractivity contribution in [1.82, 2.24) is 5.32 Å². The minimum absolute atomic E-state index is 0.0987. The van der Waals surface area contributed by atoms with Crippen molar-refractivity contribution in [1.29, 1.82) is 0 Å². The van der Waals surface area contributed by atoms with Gasteiger partial charge in [-0.25, -0.2) is 0 Å². The van der Waals surface area contributed by atoms with Gasteiger partial charge < -0.3 is 10.2 Å². The number of fused-ring (bicyclic) bond motifs is 1. The average Bonchev–Trinajstić information content (AvgIpc) is 2.95. The van der Waals surface area contributed by atoms with Crippen LogP contribution in [0.4, 0.5) is 18.9 Å². The summed E-state index contributed by atoms with van der Waals surface area (Å²) in [6.45, 7) is 1.82. The Bertz CT molecular complexity index is 601. The standard InChI is InChI=1S/C15H17F3N2O/c1-10-4-3-5-11(6-10)20(2)12(21)13-7-14(13,9-19-8-13)15(16,17)18/h3-6,19H,7-9H2,1-2H3. The third-order valence-corrected chi connectivity index (χ3v) is 4.89. The Labute approximate surface area is 121 Å². The molecule has 1 aromatic rings. The van der Waals surface area contributed by atoms with Gasteiger partial charge in [0.2, 0.25) is 5.91 Å². The molecular weight excluding hydrogens is 281 g/mol. The molecule has 3 rings (SSSR count). The number of carbonyl (C=O) groups excluding carboxylic acids is 1. The molecule has 1 amide bonds. The van der Waals surface area contributed by atoms with Crippen molar-refractivity contribution in [3.8, 4) is 0 Å². The summed E-state index contributed by atoms with van der Waals surface area (Å²) in [7, 11) is 1.55. The zero-order valence-electron chi connectivity index (χ0n) is 11.9. The fourth-order valence-electron chi connectivity index (χ4n) is 3.53. The molecule has 1 saturated heterocycles. The molecule has 1 aromatic carbocycles. The highest BCUT2D eigenvalue weighted by molar-refractivity contribution is 6.01. The van der Waals surface area contributed by atoms with Gasteiger partial charge in [0.05, 0.1) is 10.8 Å². The number of amides is 1. The molecule has 1 aliphatic carbocycles. The first-order chi connectivity index (χ1) is 9.73. The van der Waals surface area contributed by atoms with Gasteiger partial charge in [-0.3, -0.25) is 4.79 Å². The quantitative estimate of drug-likeness (QED) is 0.910. The molecule has 0 aromatic heterocycles. The Balaban J connectivity index is 1.90. The van der Waals surface area contributed by atoms with Crippen molar-refractivity contribution in [2.45, 2.75) is 19.5 Å². The molecule has 1 aliphatic heterocycles. The second-order valence-corrected chi connectivity index (χ2v) is 6.15. The molecule has 0 bridgehead atoms. The number of nitrogens with zero attached hydrogens (tertiary/aromatic N) is 1. The molecule has 0 spiro atoms. The Morgan fingerprint density at radius 1 is 1.33 bits per heavy atom. The van der Waals surface area contributed by atoms with Crippen LogP contribution in [0.1, 0.15) is 12.0 Å². The van der Waals surface area contributed by atoms with Crippen LogP contribution in [-0.4, -0.2) is 32.2 Å². The second-order valence-electron chi connectivity index (χ2n) is 6.15. The Morgan fingerprint density at radius 2 is 2.05 bits per heavy atom. The highest BCUT2D eigenvalue weighted by Gasteiger charge is 2.85. The van der Waals surface area contributed by atoms with Crippen LogP contribution in [0.25, 0.3) is 0 Å². The van der Waals surface area contributed by atoms with E-state index < -0.39 is 22.9 Å². The summed E-state index contributed by atoms with van der Waals surface area (Å²) in [5, 5.41) is 2.74. The molecule has 1 N–H and O–H groups in total. The maximum absolute atomic E-state index is 13.3. The first-order valence-corrected chi connectivity index (χ1v) is 6.86. The van der Waals surface area contributed by atoms with E-state index in [2.05, 4.69) is 5.32 Å². The van der Waals surface area contributed by atoms with Gasteiger partial charge in [-0.2, -0.15) is 13.2 Å². The molecule has 114 valence electrons. The fourth-order valence-corrected chi connectivity index (χ4v) is 3.53. The van der Waals surface area contributed by atoms with E-state index in [0.717, 1.165) is 5.56 Å². The molecule has 3 nitrogen and oxygen atoms in total. The number of nitrogens with one attached hydrogen (secondary N) is 1. The number of aryl methyl sites for hydroxylation is 1. The number of anilines is 1. The number of rotatable bonds is 2. The monoisotopic (exact) mass is 298 g/mol. The molecule has 2 atom stereocenters. The smallest absolute Gasteiger partial charge is 0.315 e. The van der Waals surface area contributed by atoms with Gasteiger partial charge in [-0.05, 0) is 31.0 Å². The molecule has 1 heterocycles. The van der Waals surface area contributed by atoms with Crippen LogP contribution >= 0.6 is 0 Å². The summed E-state index contributed by atoms with van der Waals surface area (Å²) in [6, 6.07) is 7.22. The predicted molar refractivity (Wildman–Crippen MR) is 73.0 cm³/mol. The Hall–Kier alpha value is -1.56. The van der Waals surface area contributed by atoms with Crippen molar-refractivity contribution in [2.75, 3.05) is 25.0 Å². The first kappa shape index (κ1) is 14.4. The van der Waals surface area contributed by atoms with E-state index in [-0.39, 0.29) is 19.5 Å². The summed E-state index contributed by atoms with van der Waals surface area (Å²) >= 11 is 0. The lowest BCUT2D eigenvalue weighted by molar-refractivity contribution is -0.191. The van der Waals surface area contributed by atoms with Gasteiger partial charge in [0.1, 0.15) is 0 Å².